The summed E-state index contributed by atoms with van der Waals surface area (Å²) in [4.78, 5) is 2.37. The van der Waals surface area contributed by atoms with Crippen LogP contribution in [0.15, 0.2) is 243 Å². The minimum Gasteiger partial charge on any atom is -0.310 e. The summed E-state index contributed by atoms with van der Waals surface area (Å²) in [5.41, 5.74) is 21.8. The van der Waals surface area contributed by atoms with Crippen LogP contribution in [0.2, 0.25) is 0 Å². The summed E-state index contributed by atoms with van der Waals surface area (Å²) in [5.74, 6) is 0. The van der Waals surface area contributed by atoms with E-state index in [1.165, 1.54) is 83.0 Å². The maximum absolute atomic E-state index is 2.47. The van der Waals surface area contributed by atoms with E-state index >= 15 is 0 Å². The molecule has 0 amide bonds. The van der Waals surface area contributed by atoms with Crippen LogP contribution in [-0.4, -0.2) is 4.57 Å². The molecule has 13 rings (SSSR count). The smallest absolute Gasteiger partial charge is 0.0725 e. The van der Waals surface area contributed by atoms with Crippen molar-refractivity contribution in [1.29, 1.82) is 0 Å². The Morgan fingerprint density at radius 2 is 0.810 bits per heavy atom. The Morgan fingerprint density at radius 3 is 1.43 bits per heavy atom. The summed E-state index contributed by atoms with van der Waals surface area (Å²) in [5, 5.41) is 2.53. The number of benzene rings is 10. The Morgan fingerprint density at radius 1 is 0.317 bits per heavy atom. The summed E-state index contributed by atoms with van der Waals surface area (Å²) in [7, 11) is 0. The summed E-state index contributed by atoms with van der Waals surface area (Å²) in [6, 6.07) is 89.4. The fourth-order valence-electron chi connectivity index (χ4n) is 11.0. The third kappa shape index (κ3) is 5.19. The topological polar surface area (TPSA) is 8.17 Å². The van der Waals surface area contributed by atoms with Crippen molar-refractivity contribution in [3.05, 3.63) is 265 Å². The lowest BCUT2D eigenvalue weighted by Gasteiger charge is -2.30. The van der Waals surface area contributed by atoms with Crippen LogP contribution in [-0.2, 0) is 5.41 Å². The van der Waals surface area contributed by atoms with Crippen molar-refractivity contribution >= 4 is 38.9 Å². The molecule has 0 saturated carbocycles. The molecule has 1 spiro atoms. The van der Waals surface area contributed by atoms with Gasteiger partial charge in [-0.1, -0.05) is 170 Å². The van der Waals surface area contributed by atoms with Gasteiger partial charge in [-0.3, -0.25) is 0 Å². The molecule has 0 atom stereocenters. The predicted octanol–water partition coefficient (Wildman–Crippen LogP) is 15.9. The van der Waals surface area contributed by atoms with E-state index in [9.17, 15) is 0 Å². The van der Waals surface area contributed by atoms with E-state index < -0.39 is 5.41 Å². The summed E-state index contributed by atoms with van der Waals surface area (Å²) < 4.78 is 2.47. The molecule has 1 aromatic heterocycles. The molecule has 2 aliphatic carbocycles. The van der Waals surface area contributed by atoms with Gasteiger partial charge in [0, 0.05) is 33.5 Å². The molecular formula is C61H40N2. The van der Waals surface area contributed by atoms with Gasteiger partial charge in [-0.05, 0) is 140 Å². The lowest BCUT2D eigenvalue weighted by molar-refractivity contribution is 0.794. The van der Waals surface area contributed by atoms with Crippen LogP contribution in [0.1, 0.15) is 22.3 Å². The second-order valence-electron chi connectivity index (χ2n) is 16.8. The number of fused-ring (bicyclic) bond motifs is 14. The molecule has 10 aromatic carbocycles. The van der Waals surface area contributed by atoms with E-state index in [2.05, 4.69) is 252 Å². The lowest BCUT2D eigenvalue weighted by atomic mass is 9.70. The van der Waals surface area contributed by atoms with Gasteiger partial charge in [0.15, 0.2) is 0 Å². The van der Waals surface area contributed by atoms with Gasteiger partial charge < -0.3 is 9.47 Å². The molecule has 0 N–H and O–H groups in total. The normalized spacial score (nSPS) is 12.9. The predicted molar refractivity (Wildman–Crippen MR) is 263 cm³/mol. The molecule has 0 aliphatic heterocycles. The van der Waals surface area contributed by atoms with Crippen LogP contribution in [0.4, 0.5) is 17.1 Å². The lowest BCUT2D eigenvalue weighted by Crippen LogP contribution is -2.25. The first kappa shape index (κ1) is 35.5. The van der Waals surface area contributed by atoms with Crippen molar-refractivity contribution in [3.8, 4) is 50.2 Å². The second-order valence-corrected chi connectivity index (χ2v) is 16.8. The van der Waals surface area contributed by atoms with Crippen LogP contribution >= 0.6 is 0 Å². The maximum Gasteiger partial charge on any atom is 0.0725 e. The van der Waals surface area contributed by atoms with Crippen molar-refractivity contribution < 1.29 is 0 Å². The van der Waals surface area contributed by atoms with E-state index in [0.717, 1.165) is 28.3 Å². The van der Waals surface area contributed by atoms with Gasteiger partial charge in [0.25, 0.3) is 0 Å². The number of hydrogen-bond donors (Lipinski definition) is 0. The zero-order valence-electron chi connectivity index (χ0n) is 34.5. The molecular weight excluding hydrogens is 761 g/mol. The zero-order valence-corrected chi connectivity index (χ0v) is 34.5. The first-order valence-electron chi connectivity index (χ1n) is 21.8. The first-order valence-corrected chi connectivity index (χ1v) is 21.8. The second kappa shape index (κ2) is 13.9. The molecule has 1 heterocycles. The van der Waals surface area contributed by atoms with Crippen LogP contribution in [0.3, 0.4) is 0 Å². The molecule has 11 aromatic rings. The molecule has 2 nitrogen and oxygen atoms in total. The molecule has 0 bridgehead atoms. The van der Waals surface area contributed by atoms with Crippen LogP contribution in [0, 0.1) is 0 Å². The van der Waals surface area contributed by atoms with Gasteiger partial charge in [0.1, 0.15) is 0 Å². The van der Waals surface area contributed by atoms with E-state index in [-0.39, 0.29) is 0 Å². The van der Waals surface area contributed by atoms with Crippen LogP contribution in [0.5, 0.6) is 0 Å². The van der Waals surface area contributed by atoms with Crippen molar-refractivity contribution in [2.75, 3.05) is 4.90 Å². The van der Waals surface area contributed by atoms with E-state index in [0.29, 0.717) is 0 Å². The number of rotatable bonds is 6. The fraction of sp³-hybridized carbons (Fsp3) is 0.0164. The fourth-order valence-corrected chi connectivity index (χ4v) is 11.0. The Labute approximate surface area is 367 Å². The highest BCUT2D eigenvalue weighted by atomic mass is 15.1. The number of aromatic nitrogens is 1. The van der Waals surface area contributed by atoms with Gasteiger partial charge >= 0.3 is 0 Å². The molecule has 0 fully saturated rings. The van der Waals surface area contributed by atoms with Crippen molar-refractivity contribution in [2.45, 2.75) is 5.41 Å². The molecule has 0 saturated heterocycles. The Bertz CT molecular complexity index is 3470. The number of para-hydroxylation sites is 3. The first-order chi connectivity index (χ1) is 31.3. The largest absolute Gasteiger partial charge is 0.310 e. The molecule has 2 aliphatic rings. The van der Waals surface area contributed by atoms with E-state index in [1.54, 1.807) is 0 Å². The SMILES string of the molecule is c1ccc(-c2cc(-c3ccc4c(c3)c3c5c(ccc3n4-c3ccccc3)C3(c4ccccc4-c4ccccc43)c3ccccc3-5)cc(N(c3ccccc3)c3ccccc3)c2)cc1. The highest BCUT2D eigenvalue weighted by molar-refractivity contribution is 6.19. The molecule has 2 heteroatoms. The standard InChI is InChI=1S/C61H40N2/c1-5-19-41(20-6-1)43-37-44(39-48(38-43)62(45-21-7-2-8-22-45)46-23-9-3-10-24-46)42-33-35-57-52(40-42)60-58(63(57)47-25-11-4-12-26-47)36-34-56-59(60)51-29-15-18-32-55(51)61(56)53-30-16-13-27-49(53)50-28-14-17-31-54(50)61/h1-40H. The van der Waals surface area contributed by atoms with Gasteiger partial charge in [0.2, 0.25) is 0 Å². The molecule has 0 unspecified atom stereocenters. The minimum absolute atomic E-state index is 0.427. The highest BCUT2D eigenvalue weighted by Crippen LogP contribution is 2.64. The van der Waals surface area contributed by atoms with Gasteiger partial charge in [-0.25, -0.2) is 0 Å². The number of hydrogen-bond acceptors (Lipinski definition) is 1. The Balaban J connectivity index is 1.12. The summed E-state index contributed by atoms with van der Waals surface area (Å²) in [6.07, 6.45) is 0. The zero-order chi connectivity index (χ0) is 41.5. The number of anilines is 3. The molecule has 294 valence electrons. The Kier molecular flexibility index (Phi) is 7.85. The van der Waals surface area contributed by atoms with Gasteiger partial charge in [-0.2, -0.15) is 0 Å². The van der Waals surface area contributed by atoms with Crippen LogP contribution < -0.4 is 4.90 Å². The minimum atomic E-state index is -0.427. The highest BCUT2D eigenvalue weighted by Gasteiger charge is 2.52. The average molecular weight is 801 g/mol. The summed E-state index contributed by atoms with van der Waals surface area (Å²) in [6.45, 7) is 0. The average Bonchev–Trinajstić information content (AvgIpc) is 3.97. The summed E-state index contributed by atoms with van der Waals surface area (Å²) >= 11 is 0. The quantitative estimate of drug-likeness (QED) is 0.163. The van der Waals surface area contributed by atoms with E-state index in [4.69, 9.17) is 0 Å². The number of nitrogens with zero attached hydrogens (tertiary/aromatic N) is 2. The van der Waals surface area contributed by atoms with Crippen molar-refractivity contribution in [3.63, 3.8) is 0 Å². The monoisotopic (exact) mass is 800 g/mol. The van der Waals surface area contributed by atoms with E-state index in [1.807, 2.05) is 0 Å². The molecule has 0 radical (unpaired) electrons. The maximum atomic E-state index is 2.47. The third-order valence-corrected chi connectivity index (χ3v) is 13.5. The Hall–Kier alpha value is -8.20. The molecule has 63 heavy (non-hydrogen) atoms. The van der Waals surface area contributed by atoms with Crippen molar-refractivity contribution in [2.24, 2.45) is 0 Å². The van der Waals surface area contributed by atoms with Gasteiger partial charge in [0.05, 0.1) is 16.4 Å². The van der Waals surface area contributed by atoms with Gasteiger partial charge in [-0.15, -0.1) is 0 Å². The van der Waals surface area contributed by atoms with Crippen LogP contribution in [0.25, 0.3) is 72.0 Å². The van der Waals surface area contributed by atoms with Crippen molar-refractivity contribution in [1.82, 2.24) is 4.57 Å². The third-order valence-electron chi connectivity index (χ3n) is 13.5.